The maximum atomic E-state index is 12.3. The van der Waals surface area contributed by atoms with Crippen molar-refractivity contribution in [1.29, 1.82) is 0 Å². The van der Waals surface area contributed by atoms with E-state index < -0.39 is 0 Å². The van der Waals surface area contributed by atoms with Gasteiger partial charge in [-0.25, -0.2) is 0 Å². The van der Waals surface area contributed by atoms with E-state index in [-0.39, 0.29) is 17.2 Å². The molecule has 2 atom stereocenters. The smallest absolute Gasteiger partial charge is 0.223 e. The number of amides is 1. The van der Waals surface area contributed by atoms with Gasteiger partial charge in [-0.05, 0) is 44.9 Å². The van der Waals surface area contributed by atoms with Gasteiger partial charge in [-0.15, -0.1) is 0 Å². The fourth-order valence-corrected chi connectivity index (χ4v) is 3.85. The first-order chi connectivity index (χ1) is 8.72. The number of carbonyl (C=O) groups is 1. The third-order valence-electron chi connectivity index (χ3n) is 5.42. The molecule has 3 heteroatoms. The summed E-state index contributed by atoms with van der Waals surface area (Å²) in [6.07, 6.45) is 13.2. The molecule has 0 aromatic carbocycles. The van der Waals surface area contributed by atoms with Gasteiger partial charge in [0, 0.05) is 23.4 Å². The number of rotatable bonds is 2. The molecule has 0 aliphatic heterocycles. The predicted octanol–water partition coefficient (Wildman–Crippen LogP) is 2.12. The lowest BCUT2D eigenvalue weighted by atomic mass is 9.50. The van der Waals surface area contributed by atoms with Crippen LogP contribution in [-0.2, 0) is 4.79 Å². The zero-order valence-corrected chi connectivity index (χ0v) is 11.0. The molecule has 0 saturated heterocycles. The Morgan fingerprint density at radius 2 is 1.89 bits per heavy atom. The number of hydrogen-bond acceptors (Lipinski definition) is 2. The van der Waals surface area contributed by atoms with E-state index in [1.807, 2.05) is 0 Å². The van der Waals surface area contributed by atoms with Crippen molar-refractivity contribution in [3.8, 4) is 0 Å². The lowest BCUT2D eigenvalue weighted by Gasteiger charge is -2.60. The van der Waals surface area contributed by atoms with Gasteiger partial charge in [0.25, 0.3) is 0 Å². The molecular formula is C15H24N2O. The molecular weight excluding hydrogens is 224 g/mol. The summed E-state index contributed by atoms with van der Waals surface area (Å²) < 4.78 is 0. The van der Waals surface area contributed by atoms with Gasteiger partial charge in [-0.3, -0.25) is 4.79 Å². The number of nitrogens with two attached hydrogens (primary N) is 1. The fourth-order valence-electron chi connectivity index (χ4n) is 3.85. The van der Waals surface area contributed by atoms with Crippen LogP contribution in [0, 0.1) is 11.3 Å². The van der Waals surface area contributed by atoms with Crippen molar-refractivity contribution in [3.05, 3.63) is 12.2 Å². The van der Waals surface area contributed by atoms with Crippen LogP contribution in [0.1, 0.15) is 51.4 Å². The van der Waals surface area contributed by atoms with Gasteiger partial charge in [0.05, 0.1) is 0 Å². The lowest BCUT2D eigenvalue weighted by molar-refractivity contribution is -0.132. The Hall–Kier alpha value is -0.830. The van der Waals surface area contributed by atoms with Crippen LogP contribution in [0.3, 0.4) is 0 Å². The summed E-state index contributed by atoms with van der Waals surface area (Å²) in [7, 11) is 0. The Balaban J connectivity index is 1.55. The molecule has 3 aliphatic rings. The van der Waals surface area contributed by atoms with Gasteiger partial charge in [0.1, 0.15) is 0 Å². The summed E-state index contributed by atoms with van der Waals surface area (Å²) >= 11 is 0. The van der Waals surface area contributed by atoms with E-state index in [0.29, 0.717) is 12.1 Å². The molecule has 1 spiro atoms. The highest BCUT2D eigenvalue weighted by Crippen LogP contribution is 2.55. The molecule has 100 valence electrons. The second-order valence-electron chi connectivity index (χ2n) is 6.31. The summed E-state index contributed by atoms with van der Waals surface area (Å²) in [5, 5.41) is 3.29. The van der Waals surface area contributed by atoms with E-state index >= 15 is 0 Å². The number of carbonyl (C=O) groups excluding carboxylic acids is 1. The maximum Gasteiger partial charge on any atom is 0.223 e. The SMILES string of the molecule is NC1CC(NC(=O)C2CCC=CCC2)C12CCC2. The number of nitrogens with one attached hydrogen (secondary N) is 1. The minimum Gasteiger partial charge on any atom is -0.352 e. The first-order valence-electron chi connectivity index (χ1n) is 7.43. The lowest BCUT2D eigenvalue weighted by Crippen LogP contribution is -2.70. The first kappa shape index (κ1) is 12.2. The van der Waals surface area contributed by atoms with Crippen LogP contribution in [0.5, 0.6) is 0 Å². The van der Waals surface area contributed by atoms with Crippen molar-refractivity contribution in [2.24, 2.45) is 17.1 Å². The molecule has 0 aromatic heterocycles. The van der Waals surface area contributed by atoms with Gasteiger partial charge < -0.3 is 11.1 Å². The zero-order valence-electron chi connectivity index (χ0n) is 11.0. The third kappa shape index (κ3) is 1.89. The third-order valence-corrected chi connectivity index (χ3v) is 5.42. The van der Waals surface area contributed by atoms with Gasteiger partial charge in [0.15, 0.2) is 0 Å². The Morgan fingerprint density at radius 3 is 2.39 bits per heavy atom. The van der Waals surface area contributed by atoms with Crippen molar-refractivity contribution in [3.63, 3.8) is 0 Å². The Labute approximate surface area is 109 Å². The summed E-state index contributed by atoms with van der Waals surface area (Å²) in [5.74, 6) is 0.496. The van der Waals surface area contributed by atoms with E-state index in [2.05, 4.69) is 17.5 Å². The average Bonchev–Trinajstić information content (AvgIpc) is 2.54. The van der Waals surface area contributed by atoms with E-state index in [0.717, 1.165) is 32.1 Å². The first-order valence-corrected chi connectivity index (χ1v) is 7.43. The molecule has 1 amide bonds. The summed E-state index contributed by atoms with van der Waals surface area (Å²) in [6, 6.07) is 0.692. The van der Waals surface area contributed by atoms with Gasteiger partial charge >= 0.3 is 0 Å². The van der Waals surface area contributed by atoms with E-state index in [9.17, 15) is 4.79 Å². The van der Waals surface area contributed by atoms with Crippen molar-refractivity contribution in [2.75, 3.05) is 0 Å². The molecule has 0 aromatic rings. The standard InChI is InChI=1S/C15H24N2O/c16-12-10-13(15(12)8-5-9-15)17-14(18)11-6-3-1-2-4-7-11/h1-2,11-13H,3-10,16H2,(H,17,18). The molecule has 2 unspecified atom stereocenters. The van der Waals surface area contributed by atoms with Gasteiger partial charge in [-0.2, -0.15) is 0 Å². The topological polar surface area (TPSA) is 55.1 Å². The van der Waals surface area contributed by atoms with Crippen LogP contribution in [0.15, 0.2) is 12.2 Å². The minimum atomic E-state index is 0.217. The summed E-state index contributed by atoms with van der Waals surface area (Å²) in [4.78, 5) is 12.3. The molecule has 0 radical (unpaired) electrons. The molecule has 2 saturated carbocycles. The summed E-state index contributed by atoms with van der Waals surface area (Å²) in [5.41, 5.74) is 6.40. The fraction of sp³-hybridized carbons (Fsp3) is 0.800. The predicted molar refractivity (Wildman–Crippen MR) is 71.9 cm³/mol. The van der Waals surface area contributed by atoms with Crippen LogP contribution < -0.4 is 11.1 Å². The monoisotopic (exact) mass is 248 g/mol. The molecule has 3 N–H and O–H groups in total. The van der Waals surface area contributed by atoms with Crippen LogP contribution in [0.25, 0.3) is 0 Å². The molecule has 3 rings (SSSR count). The Bertz CT molecular complexity index is 350. The highest BCUT2D eigenvalue weighted by molar-refractivity contribution is 5.79. The Kier molecular flexibility index (Phi) is 3.18. The molecule has 2 fully saturated rings. The largest absolute Gasteiger partial charge is 0.352 e. The van der Waals surface area contributed by atoms with Crippen LogP contribution in [0.4, 0.5) is 0 Å². The highest BCUT2D eigenvalue weighted by atomic mass is 16.2. The maximum absolute atomic E-state index is 12.3. The van der Waals surface area contributed by atoms with Crippen LogP contribution in [-0.4, -0.2) is 18.0 Å². The minimum absolute atomic E-state index is 0.217. The zero-order chi connectivity index (χ0) is 12.6. The van der Waals surface area contributed by atoms with E-state index in [4.69, 9.17) is 5.73 Å². The molecule has 3 aliphatic carbocycles. The molecule has 0 bridgehead atoms. The van der Waals surface area contributed by atoms with Crippen molar-refractivity contribution in [2.45, 2.75) is 63.5 Å². The van der Waals surface area contributed by atoms with Crippen LogP contribution >= 0.6 is 0 Å². The second-order valence-corrected chi connectivity index (χ2v) is 6.31. The molecule has 18 heavy (non-hydrogen) atoms. The average molecular weight is 248 g/mol. The molecule has 3 nitrogen and oxygen atoms in total. The summed E-state index contributed by atoms with van der Waals surface area (Å²) in [6.45, 7) is 0. The van der Waals surface area contributed by atoms with Crippen molar-refractivity contribution >= 4 is 5.91 Å². The number of allylic oxidation sites excluding steroid dienone is 2. The van der Waals surface area contributed by atoms with Crippen LogP contribution in [0.2, 0.25) is 0 Å². The number of hydrogen-bond donors (Lipinski definition) is 2. The quantitative estimate of drug-likeness (QED) is 0.735. The van der Waals surface area contributed by atoms with Gasteiger partial charge in [-0.1, -0.05) is 18.6 Å². The van der Waals surface area contributed by atoms with Crippen molar-refractivity contribution in [1.82, 2.24) is 5.32 Å². The highest BCUT2D eigenvalue weighted by Gasteiger charge is 2.57. The van der Waals surface area contributed by atoms with Crippen molar-refractivity contribution < 1.29 is 4.79 Å². The Morgan fingerprint density at radius 1 is 1.22 bits per heavy atom. The normalized spacial score (nSPS) is 34.5. The van der Waals surface area contributed by atoms with E-state index in [1.54, 1.807) is 0 Å². The van der Waals surface area contributed by atoms with E-state index in [1.165, 1.54) is 19.3 Å². The second kappa shape index (κ2) is 4.69. The molecule has 0 heterocycles. The van der Waals surface area contributed by atoms with Gasteiger partial charge in [0.2, 0.25) is 5.91 Å².